The normalized spacial score (nSPS) is 11.4. The molecule has 0 aliphatic rings. The van der Waals surface area contributed by atoms with Gasteiger partial charge in [0.05, 0.1) is 0 Å². The van der Waals surface area contributed by atoms with Crippen molar-refractivity contribution in [3.8, 4) is 0 Å². The second-order valence-electron chi connectivity index (χ2n) is 4.26. The summed E-state index contributed by atoms with van der Waals surface area (Å²) in [5.74, 6) is -0.887. The fourth-order valence-corrected chi connectivity index (χ4v) is 1.73. The molecular weight excluding hydrogens is 288 g/mol. The molecule has 2 aromatic rings. The Labute approximate surface area is 118 Å². The van der Waals surface area contributed by atoms with Crippen molar-refractivity contribution >= 4 is 11.8 Å². The van der Waals surface area contributed by atoms with Crippen LogP contribution in [0.4, 0.5) is 29.3 Å². The second-order valence-corrected chi connectivity index (χ2v) is 4.26. The van der Waals surface area contributed by atoms with E-state index < -0.39 is 17.8 Å². The number of nitrogens with one attached hydrogen (secondary N) is 1. The van der Waals surface area contributed by atoms with Crippen LogP contribution >= 0.6 is 0 Å². The predicted molar refractivity (Wildman–Crippen MR) is 70.0 cm³/mol. The van der Waals surface area contributed by atoms with Crippen LogP contribution in [-0.2, 0) is 12.6 Å². The zero-order chi connectivity index (χ0) is 15.5. The predicted octanol–water partition coefficient (Wildman–Crippen LogP) is 2.87. The summed E-state index contributed by atoms with van der Waals surface area (Å²) >= 11 is 0. The highest BCUT2D eigenvalue weighted by molar-refractivity contribution is 5.41. The van der Waals surface area contributed by atoms with Crippen molar-refractivity contribution in [1.82, 2.24) is 9.97 Å². The van der Waals surface area contributed by atoms with E-state index in [-0.39, 0.29) is 18.2 Å². The summed E-state index contributed by atoms with van der Waals surface area (Å²) in [5.41, 5.74) is 4.58. The number of nitrogens with zero attached hydrogens (tertiary/aromatic N) is 2. The van der Waals surface area contributed by atoms with E-state index in [1.807, 2.05) is 0 Å². The molecule has 0 bridgehead atoms. The summed E-state index contributed by atoms with van der Waals surface area (Å²) in [7, 11) is 0. The molecule has 0 spiro atoms. The summed E-state index contributed by atoms with van der Waals surface area (Å²) in [6.45, 7) is 0.217. The van der Waals surface area contributed by atoms with Crippen LogP contribution in [0.5, 0.6) is 0 Å². The minimum atomic E-state index is -4.60. The van der Waals surface area contributed by atoms with Crippen molar-refractivity contribution < 1.29 is 17.6 Å². The molecule has 4 nitrogen and oxygen atoms in total. The van der Waals surface area contributed by atoms with Crippen molar-refractivity contribution in [2.75, 3.05) is 17.6 Å². The van der Waals surface area contributed by atoms with Gasteiger partial charge in [0.1, 0.15) is 11.6 Å². The molecular formula is C13H12F4N4. The Bertz CT molecular complexity index is 628. The smallest absolute Gasteiger partial charge is 0.370 e. The molecule has 0 aliphatic carbocycles. The minimum absolute atomic E-state index is 0.0498. The van der Waals surface area contributed by atoms with Crippen LogP contribution in [0.25, 0.3) is 0 Å². The number of rotatable bonds is 4. The van der Waals surface area contributed by atoms with E-state index in [0.717, 1.165) is 6.07 Å². The molecule has 2 rings (SSSR count). The van der Waals surface area contributed by atoms with Gasteiger partial charge in [-0.25, -0.2) is 9.37 Å². The van der Waals surface area contributed by atoms with Crippen LogP contribution < -0.4 is 11.1 Å². The lowest BCUT2D eigenvalue weighted by Crippen LogP contribution is -2.14. The number of nitrogens with two attached hydrogens (primary N) is 1. The Hall–Kier alpha value is -2.38. The van der Waals surface area contributed by atoms with Crippen LogP contribution in [0.1, 0.15) is 11.3 Å². The van der Waals surface area contributed by atoms with E-state index in [1.54, 1.807) is 18.2 Å². The Morgan fingerprint density at radius 3 is 2.52 bits per heavy atom. The fourth-order valence-electron chi connectivity index (χ4n) is 1.73. The average Bonchev–Trinajstić information content (AvgIpc) is 2.39. The third-order valence-corrected chi connectivity index (χ3v) is 2.69. The van der Waals surface area contributed by atoms with Gasteiger partial charge in [-0.15, -0.1) is 0 Å². The molecule has 0 saturated carbocycles. The molecule has 8 heteroatoms. The highest BCUT2D eigenvalue weighted by Gasteiger charge is 2.33. The lowest BCUT2D eigenvalue weighted by atomic mass is 10.1. The molecule has 3 N–H and O–H groups in total. The van der Waals surface area contributed by atoms with Crippen molar-refractivity contribution in [2.24, 2.45) is 0 Å². The van der Waals surface area contributed by atoms with Gasteiger partial charge in [0.25, 0.3) is 0 Å². The molecule has 0 fully saturated rings. The van der Waals surface area contributed by atoms with Crippen molar-refractivity contribution in [3.63, 3.8) is 0 Å². The van der Waals surface area contributed by atoms with Crippen LogP contribution in [0.15, 0.2) is 30.3 Å². The highest BCUT2D eigenvalue weighted by atomic mass is 19.4. The number of alkyl halides is 3. The van der Waals surface area contributed by atoms with Gasteiger partial charge in [0.15, 0.2) is 5.69 Å². The van der Waals surface area contributed by atoms with Gasteiger partial charge in [0, 0.05) is 12.6 Å². The van der Waals surface area contributed by atoms with Crippen LogP contribution in [0, 0.1) is 5.82 Å². The molecule has 0 saturated heterocycles. The van der Waals surface area contributed by atoms with E-state index in [2.05, 4.69) is 15.3 Å². The number of halogens is 4. The molecule has 1 aromatic carbocycles. The quantitative estimate of drug-likeness (QED) is 0.852. The van der Waals surface area contributed by atoms with Gasteiger partial charge in [-0.1, -0.05) is 18.2 Å². The van der Waals surface area contributed by atoms with Gasteiger partial charge in [-0.3, -0.25) is 0 Å². The number of nitrogen functional groups attached to an aromatic ring is 1. The standard InChI is InChI=1S/C13H12F4N4/c14-9-4-2-1-3-8(9)5-6-19-11-7-10(13(15,16)17)20-12(18)21-11/h1-4,7H,5-6H2,(H3,18,19,20,21). The third-order valence-electron chi connectivity index (χ3n) is 2.69. The fraction of sp³-hybridized carbons (Fsp3) is 0.231. The van der Waals surface area contributed by atoms with Gasteiger partial charge < -0.3 is 11.1 Å². The maximum atomic E-state index is 13.4. The molecule has 1 heterocycles. The molecule has 0 radical (unpaired) electrons. The third kappa shape index (κ3) is 4.04. The molecule has 0 atom stereocenters. The van der Waals surface area contributed by atoms with Crippen LogP contribution in [-0.4, -0.2) is 16.5 Å². The molecule has 0 aliphatic heterocycles. The van der Waals surface area contributed by atoms with Gasteiger partial charge in [-0.2, -0.15) is 18.2 Å². The Kier molecular flexibility index (Phi) is 4.25. The number of hydrogen-bond donors (Lipinski definition) is 2. The maximum Gasteiger partial charge on any atom is 0.433 e. The van der Waals surface area contributed by atoms with Crippen molar-refractivity contribution in [2.45, 2.75) is 12.6 Å². The van der Waals surface area contributed by atoms with Gasteiger partial charge in [-0.05, 0) is 18.1 Å². The highest BCUT2D eigenvalue weighted by Crippen LogP contribution is 2.29. The summed E-state index contributed by atoms with van der Waals surface area (Å²) in [4.78, 5) is 6.79. The molecule has 112 valence electrons. The van der Waals surface area contributed by atoms with Crippen LogP contribution in [0.3, 0.4) is 0 Å². The Morgan fingerprint density at radius 2 is 1.86 bits per heavy atom. The monoisotopic (exact) mass is 300 g/mol. The minimum Gasteiger partial charge on any atom is -0.370 e. The average molecular weight is 300 g/mol. The molecule has 1 aromatic heterocycles. The largest absolute Gasteiger partial charge is 0.433 e. The zero-order valence-electron chi connectivity index (χ0n) is 10.8. The first-order valence-electron chi connectivity index (χ1n) is 6.05. The molecule has 21 heavy (non-hydrogen) atoms. The SMILES string of the molecule is Nc1nc(NCCc2ccccc2F)cc(C(F)(F)F)n1. The zero-order valence-corrected chi connectivity index (χ0v) is 10.8. The van der Waals surface area contributed by atoms with E-state index >= 15 is 0 Å². The second kappa shape index (κ2) is 5.94. The lowest BCUT2D eigenvalue weighted by Gasteiger charge is -2.10. The number of hydrogen-bond acceptors (Lipinski definition) is 4. The van der Waals surface area contributed by atoms with Gasteiger partial charge >= 0.3 is 6.18 Å². The lowest BCUT2D eigenvalue weighted by molar-refractivity contribution is -0.141. The molecule has 0 amide bonds. The van der Waals surface area contributed by atoms with E-state index in [9.17, 15) is 17.6 Å². The maximum absolute atomic E-state index is 13.4. The summed E-state index contributed by atoms with van der Waals surface area (Å²) < 4.78 is 51.1. The topological polar surface area (TPSA) is 63.8 Å². The summed E-state index contributed by atoms with van der Waals surface area (Å²) in [5, 5.41) is 2.68. The Morgan fingerprint density at radius 1 is 1.14 bits per heavy atom. The first-order chi connectivity index (χ1) is 9.86. The number of aromatic nitrogens is 2. The van der Waals surface area contributed by atoms with Gasteiger partial charge in [0.2, 0.25) is 5.95 Å². The summed E-state index contributed by atoms with van der Waals surface area (Å²) in [6, 6.07) is 6.93. The number of benzene rings is 1. The van der Waals surface area contributed by atoms with E-state index in [0.29, 0.717) is 12.0 Å². The summed E-state index contributed by atoms with van der Waals surface area (Å²) in [6.07, 6.45) is -4.29. The first-order valence-corrected chi connectivity index (χ1v) is 6.05. The van der Waals surface area contributed by atoms with Crippen molar-refractivity contribution in [3.05, 3.63) is 47.4 Å². The molecule has 0 unspecified atom stereocenters. The van der Waals surface area contributed by atoms with E-state index in [4.69, 9.17) is 5.73 Å². The van der Waals surface area contributed by atoms with Crippen molar-refractivity contribution in [1.29, 1.82) is 0 Å². The van der Waals surface area contributed by atoms with E-state index in [1.165, 1.54) is 6.07 Å². The first kappa shape index (κ1) is 15.0. The van der Waals surface area contributed by atoms with Crippen LogP contribution in [0.2, 0.25) is 0 Å². The number of anilines is 2. The Balaban J connectivity index is 2.04.